The minimum absolute atomic E-state index is 0.328. The minimum atomic E-state index is -1.10. The molecule has 1 aromatic rings. The van der Waals surface area contributed by atoms with Crippen molar-refractivity contribution in [2.75, 3.05) is 0 Å². The van der Waals surface area contributed by atoms with E-state index in [4.69, 9.17) is 29.6 Å². The van der Waals surface area contributed by atoms with Gasteiger partial charge in [0.25, 0.3) is 5.24 Å². The normalized spacial score (nSPS) is 20.9. The molecule has 0 spiro atoms. The number of carbonyl (C=O) groups excluding carboxylic acids is 2. The number of terminal acetylenes is 1. The van der Waals surface area contributed by atoms with Crippen LogP contribution in [0.2, 0.25) is 0 Å². The highest BCUT2D eigenvalue weighted by molar-refractivity contribution is 6.67. The molecular weight excluding hydrogens is 271 g/mol. The Hall–Kier alpha value is -1.56. The van der Waals surface area contributed by atoms with Crippen LogP contribution in [0.25, 0.3) is 6.08 Å². The van der Waals surface area contributed by atoms with E-state index in [2.05, 4.69) is 5.92 Å². The van der Waals surface area contributed by atoms with Crippen LogP contribution in [-0.4, -0.2) is 10.5 Å². The van der Waals surface area contributed by atoms with Gasteiger partial charge in [0.15, 0.2) is 0 Å². The Morgan fingerprint density at radius 2 is 2.06 bits per heavy atom. The Morgan fingerprint density at radius 3 is 2.61 bits per heavy atom. The van der Waals surface area contributed by atoms with Gasteiger partial charge in [0.2, 0.25) is 5.24 Å². The zero-order valence-corrected chi connectivity index (χ0v) is 10.8. The first-order chi connectivity index (χ1) is 8.48. The van der Waals surface area contributed by atoms with E-state index in [-0.39, 0.29) is 0 Å². The van der Waals surface area contributed by atoms with Crippen molar-refractivity contribution in [3.05, 3.63) is 41.0 Å². The molecule has 1 aliphatic rings. The second kappa shape index (κ2) is 4.61. The van der Waals surface area contributed by atoms with Crippen molar-refractivity contribution >= 4 is 39.8 Å². The van der Waals surface area contributed by atoms with Crippen molar-refractivity contribution in [3.8, 4) is 12.3 Å². The molecule has 0 saturated carbocycles. The van der Waals surface area contributed by atoms with E-state index in [1.807, 2.05) is 0 Å². The van der Waals surface area contributed by atoms with Crippen LogP contribution in [0.3, 0.4) is 0 Å². The van der Waals surface area contributed by atoms with Gasteiger partial charge in [-0.2, -0.15) is 0 Å². The summed E-state index contributed by atoms with van der Waals surface area (Å²) in [5.74, 6) is 2.43. The molecule has 4 heteroatoms. The van der Waals surface area contributed by atoms with E-state index in [9.17, 15) is 9.59 Å². The summed E-state index contributed by atoms with van der Waals surface area (Å²) in [6.07, 6.45) is 9.01. The molecule has 0 N–H and O–H groups in total. The molecule has 0 amide bonds. The zero-order chi connectivity index (χ0) is 13.3. The quantitative estimate of drug-likeness (QED) is 0.616. The summed E-state index contributed by atoms with van der Waals surface area (Å²) in [7, 11) is 0. The van der Waals surface area contributed by atoms with Gasteiger partial charge in [-0.25, -0.2) is 0 Å². The van der Waals surface area contributed by atoms with Crippen molar-refractivity contribution in [1.82, 2.24) is 0 Å². The highest BCUT2D eigenvalue weighted by Crippen LogP contribution is 2.34. The van der Waals surface area contributed by atoms with Gasteiger partial charge in [0, 0.05) is 12.0 Å². The molecule has 0 heterocycles. The number of carbonyl (C=O) groups is 2. The first kappa shape index (κ1) is 12.9. The van der Waals surface area contributed by atoms with E-state index < -0.39 is 15.9 Å². The smallest absolute Gasteiger partial charge is 0.252 e. The minimum Gasteiger partial charge on any atom is -0.279 e. The van der Waals surface area contributed by atoms with Crippen molar-refractivity contribution in [3.63, 3.8) is 0 Å². The molecule has 0 bridgehead atoms. The van der Waals surface area contributed by atoms with Gasteiger partial charge in [0.05, 0.1) is 0 Å². The monoisotopic (exact) mass is 278 g/mol. The van der Waals surface area contributed by atoms with Gasteiger partial charge >= 0.3 is 0 Å². The summed E-state index contributed by atoms with van der Waals surface area (Å²) >= 11 is 11.0. The first-order valence-electron chi connectivity index (χ1n) is 5.18. The standard InChI is InChI=1S/C14H8Cl2O2/c1-2-14(13(16)18)6-5-9-7-10(12(15)17)3-4-11(9)8-14/h1,3-7H,8H2. The van der Waals surface area contributed by atoms with Crippen molar-refractivity contribution in [2.24, 2.45) is 5.41 Å². The van der Waals surface area contributed by atoms with Crippen LogP contribution >= 0.6 is 23.2 Å². The average molecular weight is 279 g/mol. The molecular formula is C14H8Cl2O2. The third kappa shape index (κ3) is 2.08. The number of fused-ring (bicyclic) bond motifs is 1. The predicted molar refractivity (Wildman–Crippen MR) is 71.5 cm³/mol. The van der Waals surface area contributed by atoms with E-state index in [1.165, 1.54) is 0 Å². The summed E-state index contributed by atoms with van der Waals surface area (Å²) < 4.78 is 0. The fraction of sp³-hybridized carbons (Fsp3) is 0.143. The maximum atomic E-state index is 11.4. The second-order valence-electron chi connectivity index (χ2n) is 4.09. The Labute approximate surface area is 115 Å². The topological polar surface area (TPSA) is 34.1 Å². The molecule has 1 unspecified atom stereocenters. The number of benzene rings is 1. The third-order valence-electron chi connectivity index (χ3n) is 3.00. The van der Waals surface area contributed by atoms with Crippen LogP contribution < -0.4 is 0 Å². The van der Waals surface area contributed by atoms with Gasteiger partial charge in [-0.3, -0.25) is 9.59 Å². The van der Waals surface area contributed by atoms with Crippen LogP contribution in [0, 0.1) is 17.8 Å². The van der Waals surface area contributed by atoms with Crippen LogP contribution in [0.5, 0.6) is 0 Å². The molecule has 0 aromatic heterocycles. The van der Waals surface area contributed by atoms with E-state index in [1.54, 1.807) is 30.4 Å². The molecule has 18 heavy (non-hydrogen) atoms. The number of hydrogen-bond donors (Lipinski definition) is 0. The number of halogens is 2. The highest BCUT2D eigenvalue weighted by Gasteiger charge is 2.35. The summed E-state index contributed by atoms with van der Waals surface area (Å²) in [5, 5.41) is -1.10. The fourth-order valence-corrected chi connectivity index (χ4v) is 2.22. The van der Waals surface area contributed by atoms with Crippen LogP contribution in [-0.2, 0) is 11.2 Å². The molecule has 0 radical (unpaired) electrons. The lowest BCUT2D eigenvalue weighted by molar-refractivity contribution is -0.116. The third-order valence-corrected chi connectivity index (χ3v) is 3.55. The largest absolute Gasteiger partial charge is 0.279 e. The van der Waals surface area contributed by atoms with Gasteiger partial charge in [-0.1, -0.05) is 24.1 Å². The van der Waals surface area contributed by atoms with Gasteiger partial charge in [-0.15, -0.1) is 6.42 Å². The molecule has 1 atom stereocenters. The highest BCUT2D eigenvalue weighted by atomic mass is 35.5. The molecule has 2 nitrogen and oxygen atoms in total. The lowest BCUT2D eigenvalue weighted by atomic mass is 9.77. The van der Waals surface area contributed by atoms with Crippen molar-refractivity contribution in [2.45, 2.75) is 6.42 Å². The number of allylic oxidation sites excluding steroid dienone is 1. The summed E-state index contributed by atoms with van der Waals surface area (Å²) in [6, 6.07) is 5.01. The Morgan fingerprint density at radius 1 is 1.33 bits per heavy atom. The molecule has 1 aromatic carbocycles. The van der Waals surface area contributed by atoms with Gasteiger partial charge in [0.1, 0.15) is 5.41 Å². The SMILES string of the molecule is C#CC1(C(=O)Cl)C=Cc2cc(C(=O)Cl)ccc2C1. The second-order valence-corrected chi connectivity index (χ2v) is 4.77. The van der Waals surface area contributed by atoms with Crippen LogP contribution in [0.4, 0.5) is 0 Å². The van der Waals surface area contributed by atoms with E-state index in [0.29, 0.717) is 12.0 Å². The van der Waals surface area contributed by atoms with Crippen LogP contribution in [0.15, 0.2) is 24.3 Å². The zero-order valence-electron chi connectivity index (χ0n) is 9.24. The first-order valence-corrected chi connectivity index (χ1v) is 5.94. The number of rotatable bonds is 2. The number of hydrogen-bond acceptors (Lipinski definition) is 2. The predicted octanol–water partition coefficient (Wildman–Crippen LogP) is 3.02. The summed E-state index contributed by atoms with van der Waals surface area (Å²) in [4.78, 5) is 22.5. The Bertz CT molecular complexity index is 611. The van der Waals surface area contributed by atoms with Crippen molar-refractivity contribution < 1.29 is 9.59 Å². The van der Waals surface area contributed by atoms with Crippen LogP contribution in [0.1, 0.15) is 21.5 Å². The van der Waals surface area contributed by atoms with E-state index >= 15 is 0 Å². The van der Waals surface area contributed by atoms with E-state index in [0.717, 1.165) is 11.1 Å². The average Bonchev–Trinajstić information content (AvgIpc) is 2.37. The maximum absolute atomic E-state index is 11.4. The Balaban J connectivity index is 2.48. The van der Waals surface area contributed by atoms with Gasteiger partial charge < -0.3 is 0 Å². The molecule has 1 aliphatic carbocycles. The lowest BCUT2D eigenvalue weighted by Crippen LogP contribution is -2.28. The molecule has 0 saturated heterocycles. The maximum Gasteiger partial charge on any atom is 0.252 e. The molecule has 0 aliphatic heterocycles. The molecule has 90 valence electrons. The Kier molecular flexibility index (Phi) is 3.30. The lowest BCUT2D eigenvalue weighted by Gasteiger charge is -2.25. The van der Waals surface area contributed by atoms with Crippen molar-refractivity contribution in [1.29, 1.82) is 0 Å². The molecule has 0 fully saturated rings. The van der Waals surface area contributed by atoms with Gasteiger partial charge in [-0.05, 0) is 46.5 Å². The summed E-state index contributed by atoms with van der Waals surface area (Å²) in [5.41, 5.74) is 1.00. The summed E-state index contributed by atoms with van der Waals surface area (Å²) in [6.45, 7) is 0. The molecule has 2 rings (SSSR count). The fourth-order valence-electron chi connectivity index (χ4n) is 1.92.